The zero-order valence-corrected chi connectivity index (χ0v) is 12.2. The number of hydrogen-bond donors (Lipinski definition) is 2. The summed E-state index contributed by atoms with van der Waals surface area (Å²) in [6, 6.07) is 6.98. The van der Waals surface area contributed by atoms with Crippen LogP contribution in [0.1, 0.15) is 32.6 Å². The van der Waals surface area contributed by atoms with Crippen LogP contribution in [0.3, 0.4) is 0 Å². The molecule has 0 aliphatic rings. The Hall–Kier alpha value is -2.30. The van der Waals surface area contributed by atoms with Crippen molar-refractivity contribution in [2.45, 2.75) is 32.6 Å². The van der Waals surface area contributed by atoms with Gasteiger partial charge in [-0.05, 0) is 30.7 Å². The molecular weight excluding hydrogens is 270 g/mol. The molecule has 0 aliphatic carbocycles. The third-order valence-electron chi connectivity index (χ3n) is 2.77. The number of anilines is 1. The Morgan fingerprint density at radius 1 is 1.14 bits per heavy atom. The summed E-state index contributed by atoms with van der Waals surface area (Å²) >= 11 is 0. The molecule has 0 fully saturated rings. The summed E-state index contributed by atoms with van der Waals surface area (Å²) in [5, 5.41) is 11.0. The molecule has 1 rings (SSSR count). The largest absolute Gasteiger partial charge is 0.494 e. The first kappa shape index (κ1) is 16.8. The Morgan fingerprint density at radius 2 is 1.86 bits per heavy atom. The van der Waals surface area contributed by atoms with E-state index < -0.39 is 11.9 Å². The number of carbonyl (C=O) groups excluding carboxylic acids is 1. The van der Waals surface area contributed by atoms with Gasteiger partial charge < -0.3 is 15.2 Å². The maximum Gasteiger partial charge on any atom is 0.328 e. The molecule has 0 aromatic heterocycles. The lowest BCUT2D eigenvalue weighted by Crippen LogP contribution is -2.08. The molecule has 0 saturated carbocycles. The highest BCUT2D eigenvalue weighted by Gasteiger charge is 2.00. The molecule has 21 heavy (non-hydrogen) atoms. The summed E-state index contributed by atoms with van der Waals surface area (Å²) in [6.07, 6.45) is 6.39. The highest BCUT2D eigenvalue weighted by molar-refractivity contribution is 6.02. The predicted molar refractivity (Wildman–Crippen MR) is 81.5 cm³/mol. The van der Waals surface area contributed by atoms with Gasteiger partial charge in [-0.25, -0.2) is 4.79 Å². The van der Waals surface area contributed by atoms with Gasteiger partial charge in [-0.1, -0.05) is 26.2 Å². The number of carboxylic acid groups (broad SMARTS) is 1. The number of hydrogen-bond acceptors (Lipinski definition) is 3. The Balaban J connectivity index is 2.36. The fraction of sp³-hybridized carbons (Fsp3) is 0.375. The third-order valence-corrected chi connectivity index (χ3v) is 2.77. The van der Waals surface area contributed by atoms with Crippen molar-refractivity contribution in [2.75, 3.05) is 11.9 Å². The topological polar surface area (TPSA) is 75.6 Å². The lowest BCUT2D eigenvalue weighted by atomic mass is 10.2. The number of amides is 1. The zero-order chi connectivity index (χ0) is 15.5. The van der Waals surface area contributed by atoms with E-state index in [0.717, 1.165) is 24.3 Å². The van der Waals surface area contributed by atoms with Crippen LogP contribution >= 0.6 is 0 Å². The highest BCUT2D eigenvalue weighted by atomic mass is 16.5. The van der Waals surface area contributed by atoms with Crippen molar-refractivity contribution < 1.29 is 19.4 Å². The Bertz CT molecular complexity index is 480. The standard InChI is InChI=1S/C16H21NO4/c1-2-3-4-5-12-21-14-8-6-13(7-9-14)17-15(18)10-11-16(19)20/h6-11H,2-5,12H2,1H3,(H,17,18)(H,19,20)/b11-10-. The van der Waals surface area contributed by atoms with Gasteiger partial charge in [0, 0.05) is 17.8 Å². The molecule has 0 atom stereocenters. The van der Waals surface area contributed by atoms with Gasteiger partial charge in [-0.2, -0.15) is 0 Å². The van der Waals surface area contributed by atoms with Crippen molar-refractivity contribution in [3.63, 3.8) is 0 Å². The van der Waals surface area contributed by atoms with Gasteiger partial charge in [0.05, 0.1) is 6.61 Å². The summed E-state index contributed by atoms with van der Waals surface area (Å²) < 4.78 is 5.59. The van der Waals surface area contributed by atoms with E-state index in [1.807, 2.05) is 0 Å². The van der Waals surface area contributed by atoms with Crippen LogP contribution in [0.4, 0.5) is 5.69 Å². The first-order valence-electron chi connectivity index (χ1n) is 7.06. The van der Waals surface area contributed by atoms with Gasteiger partial charge in [-0.15, -0.1) is 0 Å². The molecule has 5 nitrogen and oxygen atoms in total. The van der Waals surface area contributed by atoms with Gasteiger partial charge in [0.15, 0.2) is 0 Å². The lowest BCUT2D eigenvalue weighted by molar-refractivity contribution is -0.131. The van der Waals surface area contributed by atoms with E-state index in [-0.39, 0.29) is 0 Å². The van der Waals surface area contributed by atoms with Crippen molar-refractivity contribution >= 4 is 17.6 Å². The van der Waals surface area contributed by atoms with E-state index >= 15 is 0 Å². The van der Waals surface area contributed by atoms with Crippen LogP contribution in [-0.2, 0) is 9.59 Å². The summed E-state index contributed by atoms with van der Waals surface area (Å²) in [4.78, 5) is 21.7. The lowest BCUT2D eigenvalue weighted by Gasteiger charge is -2.07. The molecule has 5 heteroatoms. The van der Waals surface area contributed by atoms with Crippen molar-refractivity contribution in [2.24, 2.45) is 0 Å². The second-order valence-electron chi connectivity index (χ2n) is 4.59. The zero-order valence-electron chi connectivity index (χ0n) is 12.2. The normalized spacial score (nSPS) is 10.5. The first-order chi connectivity index (χ1) is 10.1. The smallest absolute Gasteiger partial charge is 0.328 e. The fourth-order valence-electron chi connectivity index (χ4n) is 1.68. The molecule has 114 valence electrons. The fourth-order valence-corrected chi connectivity index (χ4v) is 1.68. The van der Waals surface area contributed by atoms with E-state index in [1.165, 1.54) is 19.3 Å². The van der Waals surface area contributed by atoms with Crippen LogP contribution in [-0.4, -0.2) is 23.6 Å². The number of nitrogens with one attached hydrogen (secondary N) is 1. The minimum Gasteiger partial charge on any atom is -0.494 e. The van der Waals surface area contributed by atoms with Crippen LogP contribution in [0.5, 0.6) is 5.75 Å². The number of unbranched alkanes of at least 4 members (excludes halogenated alkanes) is 3. The monoisotopic (exact) mass is 291 g/mol. The van der Waals surface area contributed by atoms with Crippen LogP contribution in [0.2, 0.25) is 0 Å². The maximum absolute atomic E-state index is 11.4. The maximum atomic E-state index is 11.4. The van der Waals surface area contributed by atoms with Crippen molar-refractivity contribution in [3.8, 4) is 5.75 Å². The molecule has 0 unspecified atom stereocenters. The average molecular weight is 291 g/mol. The summed E-state index contributed by atoms with van der Waals surface area (Å²) in [7, 11) is 0. The molecule has 0 saturated heterocycles. The van der Waals surface area contributed by atoms with E-state index in [4.69, 9.17) is 9.84 Å². The van der Waals surface area contributed by atoms with Crippen LogP contribution < -0.4 is 10.1 Å². The second kappa shape index (κ2) is 9.58. The van der Waals surface area contributed by atoms with E-state index in [2.05, 4.69) is 12.2 Å². The van der Waals surface area contributed by atoms with Crippen molar-refractivity contribution in [1.29, 1.82) is 0 Å². The van der Waals surface area contributed by atoms with Crippen LogP contribution in [0.25, 0.3) is 0 Å². The molecule has 1 aromatic carbocycles. The Labute approximate surface area is 124 Å². The molecule has 0 radical (unpaired) electrons. The SMILES string of the molecule is CCCCCCOc1ccc(NC(=O)/C=C\C(=O)O)cc1. The molecule has 0 aliphatic heterocycles. The Morgan fingerprint density at radius 3 is 2.48 bits per heavy atom. The van der Waals surface area contributed by atoms with Gasteiger partial charge in [0.25, 0.3) is 0 Å². The van der Waals surface area contributed by atoms with Gasteiger partial charge in [0.1, 0.15) is 5.75 Å². The predicted octanol–water partition coefficient (Wildman–Crippen LogP) is 3.23. The molecule has 2 N–H and O–H groups in total. The molecule has 0 bridgehead atoms. The van der Waals surface area contributed by atoms with Crippen LogP contribution in [0, 0.1) is 0 Å². The summed E-state index contributed by atoms with van der Waals surface area (Å²) in [5.74, 6) is -0.881. The van der Waals surface area contributed by atoms with Gasteiger partial charge in [-0.3, -0.25) is 4.79 Å². The van der Waals surface area contributed by atoms with Gasteiger partial charge >= 0.3 is 5.97 Å². The quantitative estimate of drug-likeness (QED) is 0.541. The van der Waals surface area contributed by atoms with Crippen molar-refractivity contribution in [1.82, 2.24) is 0 Å². The minimum atomic E-state index is -1.16. The van der Waals surface area contributed by atoms with Crippen molar-refractivity contribution in [3.05, 3.63) is 36.4 Å². The number of carboxylic acids is 1. The average Bonchev–Trinajstić information content (AvgIpc) is 2.47. The van der Waals surface area contributed by atoms with E-state index in [9.17, 15) is 9.59 Å². The third kappa shape index (κ3) is 7.77. The number of rotatable bonds is 9. The number of carbonyl (C=O) groups is 2. The molecule has 1 amide bonds. The second-order valence-corrected chi connectivity index (χ2v) is 4.59. The van der Waals surface area contributed by atoms with Gasteiger partial charge in [0.2, 0.25) is 5.91 Å². The molecule has 1 aromatic rings. The van der Waals surface area contributed by atoms with E-state index in [0.29, 0.717) is 12.3 Å². The minimum absolute atomic E-state index is 0.481. The number of ether oxygens (including phenoxy) is 1. The number of benzene rings is 1. The molecular formula is C16H21NO4. The van der Waals surface area contributed by atoms with Crippen LogP contribution in [0.15, 0.2) is 36.4 Å². The molecule has 0 heterocycles. The summed E-state index contributed by atoms with van der Waals surface area (Å²) in [6.45, 7) is 2.85. The summed E-state index contributed by atoms with van der Waals surface area (Å²) in [5.41, 5.74) is 0.591. The molecule has 0 spiro atoms. The first-order valence-corrected chi connectivity index (χ1v) is 7.06. The Kier molecular flexibility index (Phi) is 7.64. The number of aliphatic carboxylic acids is 1. The van der Waals surface area contributed by atoms with E-state index in [1.54, 1.807) is 24.3 Å². The highest BCUT2D eigenvalue weighted by Crippen LogP contribution is 2.16.